The Morgan fingerprint density at radius 1 is 1.15 bits per heavy atom. The Labute approximate surface area is 314 Å². The number of primary amides is 1. The Kier molecular flexibility index (Phi) is 17.4. The molecule has 1 aliphatic heterocycles. The lowest BCUT2D eigenvalue weighted by atomic mass is 9.85. The average molecular weight is 761 g/mol. The molecule has 2 bridgehead atoms. The molecule has 2 unspecified atom stereocenters. The molecule has 1 aliphatic carbocycles. The fraction of sp³-hybridized carbons (Fsp3) is 0.514. The first kappa shape index (κ1) is 44.7. The summed E-state index contributed by atoms with van der Waals surface area (Å²) in [6, 6.07) is -1.44. The number of aliphatic hydroxyl groups is 1. The van der Waals surface area contributed by atoms with E-state index in [2.05, 4.69) is 22.5 Å². The molecule has 0 saturated carbocycles. The summed E-state index contributed by atoms with van der Waals surface area (Å²) in [6.45, 7) is 13.2. The molecule has 0 aromatic heterocycles. The van der Waals surface area contributed by atoms with Gasteiger partial charge in [0, 0.05) is 50.0 Å². The zero-order chi connectivity index (χ0) is 40.2. The van der Waals surface area contributed by atoms with Gasteiger partial charge in [-0.2, -0.15) is 0 Å². The lowest BCUT2D eigenvalue weighted by Crippen LogP contribution is -2.46. The van der Waals surface area contributed by atoms with Gasteiger partial charge in [-0.1, -0.05) is 51.2 Å². The van der Waals surface area contributed by atoms with E-state index in [1.165, 1.54) is 52.4 Å². The van der Waals surface area contributed by atoms with Crippen molar-refractivity contribution in [3.63, 3.8) is 0 Å². The molecule has 0 radical (unpaired) electrons. The number of Topliss-reactive ketones (excluding diaryl/α,β-unsaturated/α-hetero) is 2. The minimum absolute atomic E-state index is 0.0258. The van der Waals surface area contributed by atoms with Crippen molar-refractivity contribution in [2.75, 3.05) is 20.8 Å². The van der Waals surface area contributed by atoms with Gasteiger partial charge in [-0.25, -0.2) is 9.59 Å². The number of amides is 3. The minimum atomic E-state index is -1.44. The lowest BCUT2D eigenvalue weighted by molar-refractivity contribution is -0.141. The van der Waals surface area contributed by atoms with Crippen LogP contribution in [-0.2, 0) is 38.2 Å². The van der Waals surface area contributed by atoms with Crippen molar-refractivity contribution < 1.29 is 53.2 Å². The Morgan fingerprint density at radius 2 is 1.81 bits per heavy atom. The smallest absolute Gasteiger partial charge is 0.405 e. The molecule has 1 heterocycles. The number of thioether (sulfide) groups is 1. The monoisotopic (exact) mass is 760 g/mol. The maximum atomic E-state index is 14.4. The van der Waals surface area contributed by atoms with Gasteiger partial charge in [0.2, 0.25) is 17.5 Å². The van der Waals surface area contributed by atoms with Crippen LogP contribution in [0.4, 0.5) is 4.79 Å². The first-order chi connectivity index (χ1) is 24.9. The van der Waals surface area contributed by atoms with Gasteiger partial charge in [-0.15, -0.1) is 18.3 Å². The molecule has 3 amide bonds. The number of hydrogen-bond donors (Lipinski definition) is 6. The van der Waals surface area contributed by atoms with Crippen LogP contribution in [-0.4, -0.2) is 102 Å². The maximum absolute atomic E-state index is 14.4. The minimum Gasteiger partial charge on any atom is -0.480 e. The van der Waals surface area contributed by atoms with Crippen molar-refractivity contribution >= 4 is 47.2 Å². The second kappa shape index (κ2) is 20.7. The summed E-state index contributed by atoms with van der Waals surface area (Å²) in [7, 11) is 2.83. The molecular formula is C37H52N4O11S. The van der Waals surface area contributed by atoms with Crippen LogP contribution in [0.15, 0.2) is 70.0 Å². The highest BCUT2D eigenvalue weighted by Crippen LogP contribution is 2.37. The van der Waals surface area contributed by atoms with Crippen molar-refractivity contribution in [1.29, 1.82) is 0 Å². The van der Waals surface area contributed by atoms with Gasteiger partial charge in [0.15, 0.2) is 6.10 Å². The molecule has 0 spiro atoms. The number of carboxylic acids is 1. The number of ether oxygens (including phenoxy) is 3. The second-order valence-electron chi connectivity index (χ2n) is 13.1. The zero-order valence-electron chi connectivity index (χ0n) is 31.4. The van der Waals surface area contributed by atoms with Crippen molar-refractivity contribution in [1.82, 2.24) is 16.0 Å². The van der Waals surface area contributed by atoms with Crippen molar-refractivity contribution in [2.45, 2.75) is 90.1 Å². The Balaban J connectivity index is 2.85. The summed E-state index contributed by atoms with van der Waals surface area (Å²) in [5.74, 6) is -4.95. The number of nitrogens with two attached hydrogens (primary N) is 1. The van der Waals surface area contributed by atoms with E-state index in [-0.39, 0.29) is 52.7 Å². The summed E-state index contributed by atoms with van der Waals surface area (Å²) in [4.78, 5) is 77.9. The predicted octanol–water partition coefficient (Wildman–Crippen LogP) is 2.58. The van der Waals surface area contributed by atoms with Gasteiger partial charge in [0.25, 0.3) is 5.91 Å². The molecule has 15 nitrogen and oxygen atoms in total. The molecule has 0 aromatic rings. The van der Waals surface area contributed by atoms with E-state index in [0.29, 0.717) is 5.57 Å². The van der Waals surface area contributed by atoms with Gasteiger partial charge in [-0.05, 0) is 38.2 Å². The largest absolute Gasteiger partial charge is 0.480 e. The van der Waals surface area contributed by atoms with Gasteiger partial charge in [0.05, 0.1) is 22.8 Å². The second-order valence-corrected chi connectivity index (χ2v) is 14.4. The molecule has 2 aliphatic rings. The number of aliphatic hydroxyl groups excluding tert-OH is 1. The van der Waals surface area contributed by atoms with Gasteiger partial charge in [0.1, 0.15) is 17.8 Å². The van der Waals surface area contributed by atoms with E-state index in [9.17, 15) is 39.0 Å². The summed E-state index contributed by atoms with van der Waals surface area (Å²) in [5, 5.41) is 28.2. The number of methoxy groups -OCH3 is 2. The number of aliphatic carboxylic acids is 1. The highest BCUT2D eigenvalue weighted by atomic mass is 32.2. The van der Waals surface area contributed by atoms with Gasteiger partial charge < -0.3 is 46.1 Å². The Morgan fingerprint density at radius 3 is 2.36 bits per heavy atom. The summed E-state index contributed by atoms with van der Waals surface area (Å²) in [6.07, 6.45) is 3.19. The lowest BCUT2D eigenvalue weighted by Gasteiger charge is -2.31. The van der Waals surface area contributed by atoms with Crippen molar-refractivity contribution in [3.8, 4) is 0 Å². The van der Waals surface area contributed by atoms with E-state index in [0.717, 1.165) is 18.7 Å². The third kappa shape index (κ3) is 12.3. The normalized spacial score (nSPS) is 28.7. The van der Waals surface area contributed by atoms with Gasteiger partial charge >= 0.3 is 12.1 Å². The summed E-state index contributed by atoms with van der Waals surface area (Å²) < 4.78 is 16.7. The summed E-state index contributed by atoms with van der Waals surface area (Å²) in [5.41, 5.74) is 5.68. The van der Waals surface area contributed by atoms with E-state index in [4.69, 9.17) is 19.9 Å². The Bertz CT molecular complexity index is 1600. The SMILES string of the molecule is C=CCNC1=C2C[C@@H](C)C[C@H](OC)[C@H](O)[C@@H](C)/C=C(\C)[C@H](OC(N)=O)[C@@H](OC)/C=C\C=C(/C)C(=O)NC(=C(SC(C)C(NC(C)=O)C(=O)O)C1=O)C2=O. The van der Waals surface area contributed by atoms with Crippen molar-refractivity contribution in [3.05, 3.63) is 70.0 Å². The third-order valence-electron chi connectivity index (χ3n) is 8.73. The molecule has 0 fully saturated rings. The molecule has 16 heteroatoms. The van der Waals surface area contributed by atoms with Crippen molar-refractivity contribution in [2.24, 2.45) is 17.6 Å². The molecule has 7 N–H and O–H groups in total. The van der Waals surface area contributed by atoms with E-state index < -0.39 is 77.1 Å². The van der Waals surface area contributed by atoms with Crippen LogP contribution in [0.2, 0.25) is 0 Å². The number of rotatable bonds is 11. The molecule has 0 saturated heterocycles. The van der Waals surface area contributed by atoms with E-state index in [1.54, 1.807) is 19.9 Å². The highest BCUT2D eigenvalue weighted by molar-refractivity contribution is 8.04. The van der Waals surface area contributed by atoms with Crippen LogP contribution in [0, 0.1) is 11.8 Å². The zero-order valence-corrected chi connectivity index (χ0v) is 32.2. The van der Waals surface area contributed by atoms with Crippen LogP contribution in [0.25, 0.3) is 0 Å². The number of hydrogen-bond acceptors (Lipinski definition) is 12. The molecule has 53 heavy (non-hydrogen) atoms. The highest BCUT2D eigenvalue weighted by Gasteiger charge is 2.39. The molecule has 2 rings (SSSR count). The fourth-order valence-electron chi connectivity index (χ4n) is 5.96. The fourth-order valence-corrected chi connectivity index (χ4v) is 7.12. The predicted molar refractivity (Wildman–Crippen MR) is 199 cm³/mol. The Hall–Kier alpha value is -4.51. The van der Waals surface area contributed by atoms with Gasteiger partial charge in [-0.3, -0.25) is 19.2 Å². The number of ketones is 2. The van der Waals surface area contributed by atoms with E-state index >= 15 is 0 Å². The topological polar surface area (TPSA) is 233 Å². The number of allylic oxidation sites excluding steroid dienone is 4. The molecule has 8 atom stereocenters. The number of carbonyl (C=O) groups is 6. The first-order valence-corrected chi connectivity index (χ1v) is 17.9. The summed E-state index contributed by atoms with van der Waals surface area (Å²) >= 11 is 0.730. The third-order valence-corrected chi connectivity index (χ3v) is 10.00. The van der Waals surface area contributed by atoms with Crippen LogP contribution in [0.1, 0.15) is 54.4 Å². The molecule has 292 valence electrons. The van der Waals surface area contributed by atoms with Crippen LogP contribution in [0.3, 0.4) is 0 Å². The standard InChI is InChI=1S/C37H52N4O11S/c1-10-14-39-28-24-15-18(2)16-26(51-9)30(43)20(4)17-21(5)33(52-37(38)49)25(50-8)13-11-12-19(3)35(46)41-29(31(24)44)34(32(28)45)53-22(6)27(36(47)48)40-23(7)42/h10-13,17-18,20,22,25-27,30,33,39,43H,1,14-16H2,2-9H3,(H2,38,49)(H,40,42)(H,41,46)(H,47,48)/b13-11-,19-12+,21-17+/t18-,20+,22?,25+,26+,27?,30-,33+/m1/s1. The average Bonchev–Trinajstić information content (AvgIpc) is 3.09. The number of fused-ring (bicyclic) bond motifs is 2. The first-order valence-electron chi connectivity index (χ1n) is 17.0. The number of nitrogens with one attached hydrogen (secondary N) is 3. The maximum Gasteiger partial charge on any atom is 0.405 e. The van der Waals surface area contributed by atoms with Crippen LogP contribution >= 0.6 is 11.8 Å². The molecular weight excluding hydrogens is 708 g/mol. The van der Waals surface area contributed by atoms with E-state index in [1.807, 2.05) is 6.92 Å². The van der Waals surface area contributed by atoms with Crippen LogP contribution < -0.4 is 21.7 Å². The molecule has 0 aromatic carbocycles. The van der Waals surface area contributed by atoms with Crippen LogP contribution in [0.5, 0.6) is 0 Å². The quantitative estimate of drug-likeness (QED) is 0.132. The number of carbonyl (C=O) groups excluding carboxylic acids is 5. The number of carboxylic acid groups (broad SMARTS) is 1.